The smallest absolute Gasteiger partial charge is 0.259 e. The third kappa shape index (κ3) is 4.30. The van der Waals surface area contributed by atoms with Crippen molar-refractivity contribution in [3.8, 4) is 0 Å². The summed E-state index contributed by atoms with van der Waals surface area (Å²) < 4.78 is 0. The lowest BCUT2D eigenvalue weighted by atomic mass is 9.86. The van der Waals surface area contributed by atoms with Crippen LogP contribution in [0.4, 0.5) is 0 Å². The molecular formula is C21H29N3O2S2. The van der Waals surface area contributed by atoms with E-state index in [0.29, 0.717) is 35.2 Å². The maximum atomic E-state index is 12.6. The third-order valence-electron chi connectivity index (χ3n) is 6.14. The fourth-order valence-corrected chi connectivity index (χ4v) is 6.58. The van der Waals surface area contributed by atoms with Crippen molar-refractivity contribution in [1.82, 2.24) is 15.3 Å². The molecule has 2 aromatic heterocycles. The summed E-state index contributed by atoms with van der Waals surface area (Å²) in [5.74, 6) is 2.97. The van der Waals surface area contributed by atoms with Crippen LogP contribution >= 0.6 is 23.1 Å². The van der Waals surface area contributed by atoms with E-state index in [1.165, 1.54) is 41.5 Å². The molecule has 2 N–H and O–H groups in total. The molecule has 1 saturated carbocycles. The molecule has 0 radical (unpaired) electrons. The van der Waals surface area contributed by atoms with Crippen LogP contribution in [0, 0.1) is 11.8 Å². The summed E-state index contributed by atoms with van der Waals surface area (Å²) in [5.41, 5.74) is 1.19. The van der Waals surface area contributed by atoms with E-state index in [-0.39, 0.29) is 11.5 Å². The first-order chi connectivity index (χ1) is 13.5. The van der Waals surface area contributed by atoms with E-state index >= 15 is 0 Å². The molecule has 2 aliphatic carbocycles. The highest BCUT2D eigenvalue weighted by Crippen LogP contribution is 2.35. The van der Waals surface area contributed by atoms with Crippen LogP contribution in [-0.4, -0.2) is 27.7 Å². The molecule has 2 aliphatic rings. The molecule has 3 atom stereocenters. The van der Waals surface area contributed by atoms with Crippen LogP contribution < -0.4 is 10.9 Å². The number of aromatic amines is 1. The summed E-state index contributed by atoms with van der Waals surface area (Å²) in [5, 5.41) is 3.98. The van der Waals surface area contributed by atoms with Gasteiger partial charge in [0, 0.05) is 10.9 Å². The lowest BCUT2D eigenvalue weighted by molar-refractivity contribution is -0.119. The van der Waals surface area contributed by atoms with Crippen molar-refractivity contribution in [3.05, 3.63) is 26.6 Å². The molecular weight excluding hydrogens is 390 g/mol. The summed E-state index contributed by atoms with van der Waals surface area (Å²) in [7, 11) is 0. The maximum absolute atomic E-state index is 12.6. The Morgan fingerprint density at radius 3 is 2.93 bits per heavy atom. The fraction of sp³-hybridized carbons (Fsp3) is 0.667. The zero-order chi connectivity index (χ0) is 19.7. The summed E-state index contributed by atoms with van der Waals surface area (Å²) in [6.45, 7) is 4.49. The summed E-state index contributed by atoms with van der Waals surface area (Å²) >= 11 is 3.19. The molecule has 0 bridgehead atoms. The average Bonchev–Trinajstić information content (AvgIpc) is 3.01. The predicted molar refractivity (Wildman–Crippen MR) is 117 cm³/mol. The van der Waals surface area contributed by atoms with Crippen LogP contribution in [0.2, 0.25) is 0 Å². The third-order valence-corrected chi connectivity index (χ3v) is 8.24. The number of thioether (sulfide) groups is 1. The van der Waals surface area contributed by atoms with Crippen LogP contribution in [0.15, 0.2) is 4.79 Å². The van der Waals surface area contributed by atoms with Crippen LogP contribution in [0.3, 0.4) is 0 Å². The molecule has 4 rings (SSSR count). The van der Waals surface area contributed by atoms with Crippen molar-refractivity contribution in [1.29, 1.82) is 0 Å². The highest BCUT2D eigenvalue weighted by molar-refractivity contribution is 7.99. The number of aromatic nitrogens is 2. The SMILES string of the molecule is C[C@@H]1CCc2c(sc3nc(CSCC(=O)N[C@@H]4CCCC[C@@H]4C)[nH]c(=O)c23)C1. The van der Waals surface area contributed by atoms with Crippen molar-refractivity contribution < 1.29 is 4.79 Å². The number of H-pyrrole nitrogens is 1. The van der Waals surface area contributed by atoms with Gasteiger partial charge < -0.3 is 10.3 Å². The number of carbonyl (C=O) groups excluding carboxylic acids is 1. The number of thiophene rings is 1. The zero-order valence-corrected chi connectivity index (χ0v) is 18.3. The van der Waals surface area contributed by atoms with Gasteiger partial charge in [-0.2, -0.15) is 0 Å². The van der Waals surface area contributed by atoms with Gasteiger partial charge in [-0.1, -0.05) is 26.7 Å². The largest absolute Gasteiger partial charge is 0.352 e. The van der Waals surface area contributed by atoms with E-state index < -0.39 is 0 Å². The van der Waals surface area contributed by atoms with Crippen molar-refractivity contribution >= 4 is 39.2 Å². The minimum atomic E-state index is -0.0202. The van der Waals surface area contributed by atoms with Crippen LogP contribution in [0.1, 0.15) is 62.2 Å². The molecule has 0 saturated heterocycles. The van der Waals surface area contributed by atoms with E-state index in [0.717, 1.165) is 35.9 Å². The second-order valence-electron chi connectivity index (χ2n) is 8.47. The lowest BCUT2D eigenvalue weighted by Gasteiger charge is -2.29. The van der Waals surface area contributed by atoms with E-state index in [1.54, 1.807) is 11.3 Å². The molecule has 0 aliphatic heterocycles. The highest BCUT2D eigenvalue weighted by atomic mass is 32.2. The molecule has 7 heteroatoms. The van der Waals surface area contributed by atoms with Gasteiger partial charge in [0.05, 0.1) is 16.9 Å². The van der Waals surface area contributed by atoms with Crippen molar-refractivity contribution in [3.63, 3.8) is 0 Å². The average molecular weight is 420 g/mol. The second kappa shape index (κ2) is 8.57. The van der Waals surface area contributed by atoms with Gasteiger partial charge in [0.1, 0.15) is 10.7 Å². The van der Waals surface area contributed by atoms with Crippen molar-refractivity contribution in [2.45, 2.75) is 70.6 Å². The van der Waals surface area contributed by atoms with Gasteiger partial charge in [0.2, 0.25) is 5.91 Å². The summed E-state index contributed by atoms with van der Waals surface area (Å²) in [6, 6.07) is 0.316. The molecule has 28 heavy (non-hydrogen) atoms. The van der Waals surface area contributed by atoms with Gasteiger partial charge in [-0.3, -0.25) is 9.59 Å². The van der Waals surface area contributed by atoms with E-state index in [1.807, 2.05) is 0 Å². The number of aryl methyl sites for hydroxylation is 1. The number of rotatable bonds is 5. The minimum absolute atomic E-state index is 0.0202. The van der Waals surface area contributed by atoms with Crippen molar-refractivity contribution in [2.24, 2.45) is 11.8 Å². The van der Waals surface area contributed by atoms with Gasteiger partial charge >= 0.3 is 0 Å². The van der Waals surface area contributed by atoms with Gasteiger partial charge in [-0.15, -0.1) is 23.1 Å². The molecule has 5 nitrogen and oxygen atoms in total. The Hall–Kier alpha value is -1.34. The minimum Gasteiger partial charge on any atom is -0.352 e. The molecule has 0 spiro atoms. The first kappa shape index (κ1) is 20.0. The predicted octanol–water partition coefficient (Wildman–Crippen LogP) is 4.04. The standard InChI is InChI=1S/C21H29N3O2S2/c1-12-7-8-14-16(9-12)28-21-19(14)20(26)23-17(24-21)10-27-11-18(25)22-15-6-4-3-5-13(15)2/h12-13,15H,3-11H2,1-2H3,(H,22,25)(H,23,24,26)/t12-,13+,15-/m1/s1. The number of amides is 1. The fourth-order valence-electron chi connectivity index (χ4n) is 4.48. The van der Waals surface area contributed by atoms with Crippen LogP contribution in [-0.2, 0) is 23.4 Å². The number of nitrogens with one attached hydrogen (secondary N) is 2. The second-order valence-corrected chi connectivity index (χ2v) is 10.5. The highest BCUT2D eigenvalue weighted by Gasteiger charge is 2.24. The molecule has 1 fully saturated rings. The Morgan fingerprint density at radius 1 is 1.29 bits per heavy atom. The van der Waals surface area contributed by atoms with E-state index in [4.69, 9.17) is 4.98 Å². The Labute approximate surface area is 174 Å². The van der Waals surface area contributed by atoms with E-state index in [2.05, 4.69) is 24.1 Å². The molecule has 152 valence electrons. The zero-order valence-electron chi connectivity index (χ0n) is 16.7. The van der Waals surface area contributed by atoms with Gasteiger partial charge in [0.15, 0.2) is 0 Å². The number of hydrogen-bond acceptors (Lipinski definition) is 5. The maximum Gasteiger partial charge on any atom is 0.259 e. The normalized spacial score (nSPS) is 24.9. The molecule has 0 aromatic carbocycles. The number of carbonyl (C=O) groups is 1. The number of hydrogen-bond donors (Lipinski definition) is 2. The number of fused-ring (bicyclic) bond motifs is 3. The van der Waals surface area contributed by atoms with Gasteiger partial charge in [-0.05, 0) is 49.5 Å². The monoisotopic (exact) mass is 419 g/mol. The molecule has 2 aromatic rings. The first-order valence-corrected chi connectivity index (χ1v) is 12.4. The summed E-state index contributed by atoms with van der Waals surface area (Å²) in [4.78, 5) is 34.7. The molecule has 1 amide bonds. The number of nitrogens with zero attached hydrogens (tertiary/aromatic N) is 1. The van der Waals surface area contributed by atoms with Crippen LogP contribution in [0.5, 0.6) is 0 Å². The Kier molecular flexibility index (Phi) is 6.11. The first-order valence-electron chi connectivity index (χ1n) is 10.4. The Bertz CT molecular complexity index is 920. The molecule has 2 heterocycles. The van der Waals surface area contributed by atoms with Crippen molar-refractivity contribution in [2.75, 3.05) is 5.75 Å². The molecule has 0 unspecified atom stereocenters. The van der Waals surface area contributed by atoms with Gasteiger partial charge in [0.25, 0.3) is 5.56 Å². The summed E-state index contributed by atoms with van der Waals surface area (Å²) in [6.07, 6.45) is 7.95. The van der Waals surface area contributed by atoms with E-state index in [9.17, 15) is 9.59 Å². The lowest BCUT2D eigenvalue weighted by Crippen LogP contribution is -2.41. The Balaban J connectivity index is 1.37. The van der Waals surface area contributed by atoms with Gasteiger partial charge in [-0.25, -0.2) is 4.98 Å². The van der Waals surface area contributed by atoms with Crippen LogP contribution in [0.25, 0.3) is 10.2 Å². The Morgan fingerprint density at radius 2 is 2.11 bits per heavy atom. The quantitative estimate of drug-likeness (QED) is 0.767. The topological polar surface area (TPSA) is 74.8 Å².